The Hall–Kier alpha value is -0.370. The molecule has 0 bridgehead atoms. The number of carbonyl (C=O) groups is 1. The fraction of sp³-hybridized carbons (Fsp3) is 0.947. The number of Topliss-reactive ketones (excluding diaryl/α,β-unsaturated/α-hetero) is 1. The van der Waals surface area contributed by atoms with E-state index in [1.165, 1.54) is 64.6 Å². The van der Waals surface area contributed by atoms with E-state index in [9.17, 15) is 4.79 Å². The Kier molecular flexibility index (Phi) is 9.23. The molecular formula is C19H37NO. The van der Waals surface area contributed by atoms with Crippen LogP contribution in [0.4, 0.5) is 0 Å². The summed E-state index contributed by atoms with van der Waals surface area (Å²) in [5.41, 5.74) is 0. The van der Waals surface area contributed by atoms with Crippen LogP contribution in [0.25, 0.3) is 0 Å². The zero-order valence-electron chi connectivity index (χ0n) is 14.9. The first kappa shape index (κ1) is 18.7. The molecule has 124 valence electrons. The Morgan fingerprint density at radius 3 is 2.19 bits per heavy atom. The quantitative estimate of drug-likeness (QED) is 0.533. The Morgan fingerprint density at radius 2 is 1.62 bits per heavy atom. The number of ketones is 1. The van der Waals surface area contributed by atoms with Crippen LogP contribution in [0, 0.1) is 17.8 Å². The average molecular weight is 296 g/mol. The summed E-state index contributed by atoms with van der Waals surface area (Å²) in [6, 6.07) is 0. The molecular weight excluding hydrogens is 258 g/mol. The van der Waals surface area contributed by atoms with E-state index >= 15 is 0 Å². The molecule has 0 radical (unpaired) electrons. The van der Waals surface area contributed by atoms with E-state index in [4.69, 9.17) is 0 Å². The number of hydrogen-bond donors (Lipinski definition) is 0. The summed E-state index contributed by atoms with van der Waals surface area (Å²) in [4.78, 5) is 14.4. The maximum Gasteiger partial charge on any atom is 0.135 e. The van der Waals surface area contributed by atoms with Gasteiger partial charge in [-0.1, -0.05) is 53.4 Å². The Balaban J connectivity index is 2.02. The van der Waals surface area contributed by atoms with Crippen LogP contribution in [-0.4, -0.2) is 30.3 Å². The van der Waals surface area contributed by atoms with E-state index in [-0.39, 0.29) is 5.92 Å². The number of hydrogen-bond acceptors (Lipinski definition) is 2. The highest BCUT2D eigenvalue weighted by Crippen LogP contribution is 2.22. The number of nitrogens with zero attached hydrogens (tertiary/aromatic N) is 1. The van der Waals surface area contributed by atoms with E-state index < -0.39 is 0 Å². The van der Waals surface area contributed by atoms with Crippen molar-refractivity contribution in [1.29, 1.82) is 0 Å². The largest absolute Gasteiger partial charge is 0.303 e. The van der Waals surface area contributed by atoms with Gasteiger partial charge < -0.3 is 4.90 Å². The van der Waals surface area contributed by atoms with Gasteiger partial charge in [0.05, 0.1) is 0 Å². The second kappa shape index (κ2) is 10.4. The van der Waals surface area contributed by atoms with Crippen molar-refractivity contribution in [3.05, 3.63) is 0 Å². The molecule has 0 unspecified atom stereocenters. The molecule has 0 aliphatic carbocycles. The fourth-order valence-electron chi connectivity index (χ4n) is 3.18. The highest BCUT2D eigenvalue weighted by molar-refractivity contribution is 5.80. The molecule has 0 N–H and O–H groups in total. The van der Waals surface area contributed by atoms with Crippen LogP contribution in [-0.2, 0) is 4.79 Å². The average Bonchev–Trinajstić information content (AvgIpc) is 2.44. The lowest BCUT2D eigenvalue weighted by molar-refractivity contribution is -0.123. The predicted molar refractivity (Wildman–Crippen MR) is 91.5 cm³/mol. The van der Waals surface area contributed by atoms with Gasteiger partial charge in [-0.25, -0.2) is 0 Å². The van der Waals surface area contributed by atoms with Crippen molar-refractivity contribution in [3.63, 3.8) is 0 Å². The second-order valence-corrected chi connectivity index (χ2v) is 7.71. The first-order chi connectivity index (χ1) is 9.99. The van der Waals surface area contributed by atoms with Gasteiger partial charge in [0, 0.05) is 12.3 Å². The van der Waals surface area contributed by atoms with Crippen LogP contribution < -0.4 is 0 Å². The fourth-order valence-corrected chi connectivity index (χ4v) is 3.18. The van der Waals surface area contributed by atoms with Crippen LogP contribution in [0.3, 0.4) is 0 Å². The SMILES string of the molecule is CC(C)CCCCCCN1CCC(CC(=O)C(C)C)CC1. The molecule has 21 heavy (non-hydrogen) atoms. The molecule has 1 rings (SSSR count). The summed E-state index contributed by atoms with van der Waals surface area (Å²) in [6.07, 6.45) is 10.2. The topological polar surface area (TPSA) is 20.3 Å². The van der Waals surface area contributed by atoms with Gasteiger partial charge in [0.15, 0.2) is 0 Å². The Morgan fingerprint density at radius 1 is 1.00 bits per heavy atom. The molecule has 2 nitrogen and oxygen atoms in total. The van der Waals surface area contributed by atoms with Gasteiger partial charge in [-0.05, 0) is 50.7 Å². The number of carbonyl (C=O) groups excluding carboxylic acids is 1. The summed E-state index contributed by atoms with van der Waals surface area (Å²) >= 11 is 0. The van der Waals surface area contributed by atoms with Crippen molar-refractivity contribution in [2.75, 3.05) is 19.6 Å². The van der Waals surface area contributed by atoms with Crippen molar-refractivity contribution >= 4 is 5.78 Å². The standard InChI is InChI=1S/C19H37NO/c1-16(2)9-7-5-6-8-12-20-13-10-18(11-14-20)15-19(21)17(3)4/h16-18H,5-15H2,1-4H3. The third-order valence-electron chi connectivity index (χ3n) is 4.85. The molecule has 0 spiro atoms. The van der Waals surface area contributed by atoms with Crippen LogP contribution in [0.1, 0.15) is 79.1 Å². The maximum atomic E-state index is 11.8. The first-order valence-electron chi connectivity index (χ1n) is 9.24. The lowest BCUT2D eigenvalue weighted by atomic mass is 9.89. The number of likely N-dealkylation sites (tertiary alicyclic amines) is 1. The van der Waals surface area contributed by atoms with Crippen molar-refractivity contribution in [2.24, 2.45) is 17.8 Å². The maximum absolute atomic E-state index is 11.8. The van der Waals surface area contributed by atoms with Crippen molar-refractivity contribution in [2.45, 2.75) is 79.1 Å². The zero-order valence-corrected chi connectivity index (χ0v) is 14.9. The molecule has 0 aromatic heterocycles. The second-order valence-electron chi connectivity index (χ2n) is 7.71. The minimum absolute atomic E-state index is 0.217. The lowest BCUT2D eigenvalue weighted by Crippen LogP contribution is -2.35. The van der Waals surface area contributed by atoms with Crippen LogP contribution in [0.15, 0.2) is 0 Å². The third-order valence-corrected chi connectivity index (χ3v) is 4.85. The van der Waals surface area contributed by atoms with Gasteiger partial charge in [0.1, 0.15) is 5.78 Å². The minimum Gasteiger partial charge on any atom is -0.303 e. The van der Waals surface area contributed by atoms with Gasteiger partial charge in [-0.2, -0.15) is 0 Å². The van der Waals surface area contributed by atoms with Crippen molar-refractivity contribution in [3.8, 4) is 0 Å². The molecule has 0 atom stereocenters. The molecule has 0 aromatic carbocycles. The summed E-state index contributed by atoms with van der Waals surface area (Å²) in [5, 5.41) is 0. The minimum atomic E-state index is 0.217. The van der Waals surface area contributed by atoms with Gasteiger partial charge in [0.25, 0.3) is 0 Å². The molecule has 2 heteroatoms. The molecule has 0 saturated carbocycles. The normalized spacial score (nSPS) is 17.8. The highest BCUT2D eigenvalue weighted by Gasteiger charge is 2.21. The zero-order chi connectivity index (χ0) is 15.7. The van der Waals surface area contributed by atoms with E-state index in [0.29, 0.717) is 11.7 Å². The summed E-state index contributed by atoms with van der Waals surface area (Å²) in [6.45, 7) is 12.4. The van der Waals surface area contributed by atoms with Crippen LogP contribution in [0.2, 0.25) is 0 Å². The van der Waals surface area contributed by atoms with E-state index in [1.807, 2.05) is 13.8 Å². The Labute approximate surface area is 132 Å². The van der Waals surface area contributed by atoms with Gasteiger partial charge in [0.2, 0.25) is 0 Å². The van der Waals surface area contributed by atoms with Gasteiger partial charge >= 0.3 is 0 Å². The van der Waals surface area contributed by atoms with Crippen LogP contribution in [0.5, 0.6) is 0 Å². The number of unbranched alkanes of at least 4 members (excludes halogenated alkanes) is 3. The first-order valence-corrected chi connectivity index (χ1v) is 9.24. The summed E-state index contributed by atoms with van der Waals surface area (Å²) in [7, 11) is 0. The van der Waals surface area contributed by atoms with E-state index in [1.54, 1.807) is 0 Å². The monoisotopic (exact) mass is 295 g/mol. The molecule has 1 heterocycles. The number of rotatable bonds is 10. The van der Waals surface area contributed by atoms with Gasteiger partial charge in [-0.15, -0.1) is 0 Å². The van der Waals surface area contributed by atoms with Crippen molar-refractivity contribution in [1.82, 2.24) is 4.90 Å². The number of piperidine rings is 1. The lowest BCUT2D eigenvalue weighted by Gasteiger charge is -2.32. The van der Waals surface area contributed by atoms with E-state index in [0.717, 1.165) is 12.3 Å². The Bertz CT molecular complexity index is 277. The summed E-state index contributed by atoms with van der Waals surface area (Å²) < 4.78 is 0. The predicted octanol–water partition coefficient (Wildman–Crippen LogP) is 4.92. The molecule has 1 aliphatic heterocycles. The van der Waals surface area contributed by atoms with Crippen LogP contribution >= 0.6 is 0 Å². The smallest absolute Gasteiger partial charge is 0.135 e. The third kappa shape index (κ3) is 8.60. The van der Waals surface area contributed by atoms with Gasteiger partial charge in [-0.3, -0.25) is 4.79 Å². The highest BCUT2D eigenvalue weighted by atomic mass is 16.1. The molecule has 1 saturated heterocycles. The van der Waals surface area contributed by atoms with E-state index in [2.05, 4.69) is 18.7 Å². The molecule has 1 aliphatic rings. The summed E-state index contributed by atoms with van der Waals surface area (Å²) in [5.74, 6) is 2.19. The molecule has 1 fully saturated rings. The van der Waals surface area contributed by atoms with Crippen molar-refractivity contribution < 1.29 is 4.79 Å². The molecule has 0 amide bonds. The molecule has 0 aromatic rings.